The van der Waals surface area contributed by atoms with Crippen LogP contribution in [0.25, 0.3) is 0 Å². The summed E-state index contributed by atoms with van der Waals surface area (Å²) in [7, 11) is 1.52. The third-order valence-electron chi connectivity index (χ3n) is 7.01. The molecule has 224 valence electrons. The summed E-state index contributed by atoms with van der Waals surface area (Å²) in [6.07, 6.45) is -0.136. The molecule has 1 N–H and O–H groups in total. The molecule has 1 saturated heterocycles. The van der Waals surface area contributed by atoms with Crippen LogP contribution in [0.4, 0.5) is 5.69 Å². The Bertz CT molecular complexity index is 1240. The number of aliphatic hydroxyl groups excluding tert-OH is 1. The number of esters is 1. The lowest BCUT2D eigenvalue weighted by molar-refractivity contribution is -0.151. The number of benzene rings is 2. The molecule has 1 atom stereocenters. The molecule has 1 aliphatic heterocycles. The highest BCUT2D eigenvalue weighted by Gasteiger charge is 2.32. The lowest BCUT2D eigenvalue weighted by atomic mass is 9.93. The topological polar surface area (TPSA) is 96.4 Å². The first-order valence-corrected chi connectivity index (χ1v) is 14.7. The van der Waals surface area contributed by atoms with Crippen molar-refractivity contribution in [2.45, 2.75) is 59.5 Å². The second-order valence-corrected chi connectivity index (χ2v) is 12.3. The number of amides is 2. The summed E-state index contributed by atoms with van der Waals surface area (Å²) in [6.45, 7) is 9.26. The van der Waals surface area contributed by atoms with Crippen LogP contribution in [0.3, 0.4) is 0 Å². The average molecular weight is 608 g/mol. The SMILES string of the molecule is CCOC(=O)C1CCN(C(=O)CCC(=O)N(CC(C)(C)C)c2c(Cl)cc(Cl)cc2[C@H](O)c2ccccc2OC)CC1. The van der Waals surface area contributed by atoms with Gasteiger partial charge < -0.3 is 24.4 Å². The van der Waals surface area contributed by atoms with Crippen molar-refractivity contribution in [2.24, 2.45) is 11.3 Å². The molecule has 0 aliphatic carbocycles. The molecule has 0 radical (unpaired) electrons. The van der Waals surface area contributed by atoms with Gasteiger partial charge in [0, 0.05) is 48.6 Å². The van der Waals surface area contributed by atoms with Gasteiger partial charge in [-0.15, -0.1) is 0 Å². The Morgan fingerprint density at radius 2 is 1.73 bits per heavy atom. The Kier molecular flexibility index (Phi) is 11.5. The molecule has 8 nitrogen and oxygen atoms in total. The lowest BCUT2D eigenvalue weighted by Gasteiger charge is -2.34. The van der Waals surface area contributed by atoms with Crippen LogP contribution in [0.2, 0.25) is 10.0 Å². The zero-order valence-corrected chi connectivity index (χ0v) is 25.9. The summed E-state index contributed by atoms with van der Waals surface area (Å²) < 4.78 is 10.6. The van der Waals surface area contributed by atoms with Crippen LogP contribution in [0.1, 0.15) is 70.6 Å². The lowest BCUT2D eigenvalue weighted by Crippen LogP contribution is -2.42. The fraction of sp³-hybridized carbons (Fsp3) is 0.516. The minimum Gasteiger partial charge on any atom is -0.496 e. The van der Waals surface area contributed by atoms with E-state index in [0.717, 1.165) is 0 Å². The minimum atomic E-state index is -1.19. The third-order valence-corrected chi connectivity index (χ3v) is 7.52. The molecule has 1 heterocycles. The molecule has 2 aromatic rings. The first-order valence-electron chi connectivity index (χ1n) is 13.9. The average Bonchev–Trinajstić information content (AvgIpc) is 2.93. The fourth-order valence-electron chi connectivity index (χ4n) is 5.04. The molecule has 0 unspecified atom stereocenters. The Morgan fingerprint density at radius 1 is 1.07 bits per heavy atom. The summed E-state index contributed by atoms with van der Waals surface area (Å²) in [4.78, 5) is 42.1. The quantitative estimate of drug-likeness (QED) is 0.331. The number of carbonyl (C=O) groups is 3. The Hall–Kier alpha value is -2.81. The molecule has 3 rings (SSSR count). The van der Waals surface area contributed by atoms with Crippen molar-refractivity contribution in [1.29, 1.82) is 0 Å². The van der Waals surface area contributed by atoms with Crippen molar-refractivity contribution in [3.05, 3.63) is 57.6 Å². The van der Waals surface area contributed by atoms with E-state index in [2.05, 4.69) is 0 Å². The third kappa shape index (κ3) is 8.60. The van der Waals surface area contributed by atoms with Crippen LogP contribution in [0.15, 0.2) is 36.4 Å². The molecule has 0 bridgehead atoms. The van der Waals surface area contributed by atoms with Gasteiger partial charge in [0.05, 0.1) is 30.3 Å². The van der Waals surface area contributed by atoms with Crippen molar-refractivity contribution < 1.29 is 29.0 Å². The number of anilines is 1. The second kappa shape index (κ2) is 14.4. The van der Waals surface area contributed by atoms with Crippen LogP contribution in [-0.2, 0) is 19.1 Å². The van der Waals surface area contributed by atoms with Gasteiger partial charge in [0.1, 0.15) is 11.9 Å². The summed E-state index contributed by atoms with van der Waals surface area (Å²) in [5, 5.41) is 12.0. The molecule has 2 amide bonds. The second-order valence-electron chi connectivity index (χ2n) is 11.4. The van der Waals surface area contributed by atoms with E-state index in [0.29, 0.717) is 60.1 Å². The number of rotatable bonds is 10. The predicted molar refractivity (Wildman–Crippen MR) is 160 cm³/mol. The highest BCUT2D eigenvalue weighted by atomic mass is 35.5. The molecular formula is C31H40Cl2N2O6. The molecule has 41 heavy (non-hydrogen) atoms. The molecule has 10 heteroatoms. The number of hydrogen-bond donors (Lipinski definition) is 1. The number of nitrogens with zero attached hydrogens (tertiary/aromatic N) is 2. The number of hydrogen-bond acceptors (Lipinski definition) is 6. The standard InChI is InChI=1S/C31H40Cl2N2O6/c1-6-41-30(39)20-13-15-34(16-14-20)26(36)11-12-27(37)35(19-31(2,3)4)28-23(17-21(32)18-24(28)33)29(38)22-9-7-8-10-25(22)40-5/h7-10,17-18,20,29,38H,6,11-16,19H2,1-5H3/t29-/m1/s1. The van der Waals surface area contributed by atoms with Crippen molar-refractivity contribution in [2.75, 3.05) is 38.3 Å². The first kappa shape index (κ1) is 32.7. The Labute approximate surface area is 252 Å². The van der Waals surface area contributed by atoms with Crippen molar-refractivity contribution in [3.8, 4) is 5.75 Å². The van der Waals surface area contributed by atoms with Gasteiger partial charge in [-0.1, -0.05) is 62.2 Å². The highest BCUT2D eigenvalue weighted by molar-refractivity contribution is 6.37. The van der Waals surface area contributed by atoms with Crippen molar-refractivity contribution >= 4 is 46.7 Å². The number of methoxy groups -OCH3 is 1. The van der Waals surface area contributed by atoms with E-state index in [1.165, 1.54) is 7.11 Å². The monoisotopic (exact) mass is 606 g/mol. The summed E-state index contributed by atoms with van der Waals surface area (Å²) in [6, 6.07) is 10.2. The highest BCUT2D eigenvalue weighted by Crippen LogP contribution is 2.42. The molecule has 2 aromatic carbocycles. The maximum absolute atomic E-state index is 13.8. The van der Waals surface area contributed by atoms with E-state index in [1.807, 2.05) is 20.8 Å². The van der Waals surface area contributed by atoms with Gasteiger partial charge in [0.15, 0.2) is 0 Å². The molecule has 0 spiro atoms. The van der Waals surface area contributed by atoms with Gasteiger partial charge in [-0.2, -0.15) is 0 Å². The van der Waals surface area contributed by atoms with Crippen LogP contribution >= 0.6 is 23.2 Å². The predicted octanol–water partition coefficient (Wildman–Crippen LogP) is 6.04. The number of aliphatic hydroxyl groups is 1. The van der Waals surface area contributed by atoms with Gasteiger partial charge in [0.25, 0.3) is 0 Å². The number of likely N-dealkylation sites (tertiary alicyclic amines) is 1. The van der Waals surface area contributed by atoms with E-state index >= 15 is 0 Å². The van der Waals surface area contributed by atoms with Crippen molar-refractivity contribution in [3.63, 3.8) is 0 Å². The molecular weight excluding hydrogens is 567 g/mol. The van der Waals surface area contributed by atoms with Crippen molar-refractivity contribution in [1.82, 2.24) is 4.90 Å². The number of halogens is 2. The van der Waals surface area contributed by atoms with Crippen LogP contribution in [0, 0.1) is 11.3 Å². The molecule has 0 aromatic heterocycles. The molecule has 0 saturated carbocycles. The maximum Gasteiger partial charge on any atom is 0.309 e. The largest absolute Gasteiger partial charge is 0.496 e. The van der Waals surface area contributed by atoms with Gasteiger partial charge in [0.2, 0.25) is 11.8 Å². The van der Waals surface area contributed by atoms with Gasteiger partial charge in [-0.3, -0.25) is 14.4 Å². The summed E-state index contributed by atoms with van der Waals surface area (Å²) in [5.74, 6) is -0.394. The molecule has 1 fully saturated rings. The number of ether oxygens (including phenoxy) is 2. The van der Waals surface area contributed by atoms with Crippen LogP contribution in [-0.4, -0.2) is 61.1 Å². The first-order chi connectivity index (χ1) is 19.4. The summed E-state index contributed by atoms with van der Waals surface area (Å²) >= 11 is 13.1. The summed E-state index contributed by atoms with van der Waals surface area (Å²) in [5.41, 5.74) is 0.873. The zero-order chi connectivity index (χ0) is 30.3. The maximum atomic E-state index is 13.8. The minimum absolute atomic E-state index is 0.0130. The van der Waals surface area contributed by atoms with Crippen LogP contribution in [0.5, 0.6) is 5.75 Å². The van der Waals surface area contributed by atoms with E-state index in [9.17, 15) is 19.5 Å². The van der Waals surface area contributed by atoms with Gasteiger partial charge in [-0.25, -0.2) is 0 Å². The fourth-order valence-corrected chi connectivity index (χ4v) is 5.65. The van der Waals surface area contributed by atoms with E-state index in [-0.39, 0.29) is 53.5 Å². The van der Waals surface area contributed by atoms with Crippen LogP contribution < -0.4 is 9.64 Å². The normalized spacial score (nSPS) is 14.9. The van der Waals surface area contributed by atoms with Gasteiger partial charge in [-0.05, 0) is 43.4 Å². The Balaban J connectivity index is 1.85. The van der Waals surface area contributed by atoms with E-state index in [4.69, 9.17) is 32.7 Å². The number of piperidine rings is 1. The number of para-hydroxylation sites is 1. The van der Waals surface area contributed by atoms with Gasteiger partial charge >= 0.3 is 5.97 Å². The van der Waals surface area contributed by atoms with E-state index < -0.39 is 6.10 Å². The smallest absolute Gasteiger partial charge is 0.309 e. The molecule has 1 aliphatic rings. The van der Waals surface area contributed by atoms with E-state index in [1.54, 1.807) is 53.1 Å². The zero-order valence-electron chi connectivity index (χ0n) is 24.4. The number of carbonyl (C=O) groups excluding carboxylic acids is 3. The Morgan fingerprint density at radius 3 is 2.34 bits per heavy atom.